The van der Waals surface area contributed by atoms with Crippen LogP contribution in [-0.4, -0.2) is 37.4 Å². The second-order valence-electron chi connectivity index (χ2n) is 8.38. The highest BCUT2D eigenvalue weighted by Crippen LogP contribution is 2.21. The van der Waals surface area contributed by atoms with Gasteiger partial charge in [0.25, 0.3) is 10.0 Å². The summed E-state index contributed by atoms with van der Waals surface area (Å²) in [7, 11) is -3.97. The molecule has 4 rings (SSSR count). The van der Waals surface area contributed by atoms with Gasteiger partial charge in [0.2, 0.25) is 0 Å². The molecule has 0 saturated carbocycles. The van der Waals surface area contributed by atoms with Crippen molar-refractivity contribution in [3.63, 3.8) is 0 Å². The normalized spacial score (nSPS) is 14.6. The van der Waals surface area contributed by atoms with E-state index < -0.39 is 10.0 Å². The molecule has 1 fully saturated rings. The molecule has 3 N–H and O–H groups in total. The number of nitrogens with one attached hydrogen (secondary N) is 1. The second-order valence-corrected chi connectivity index (χ2v) is 10.0. The van der Waals surface area contributed by atoms with E-state index in [1.54, 1.807) is 47.4 Å². The van der Waals surface area contributed by atoms with Gasteiger partial charge >= 0.3 is 6.03 Å². The number of anilines is 1. The van der Waals surface area contributed by atoms with Crippen LogP contribution in [-0.2, 0) is 16.6 Å². The maximum Gasteiger partial charge on any atom is 0.335 e. The van der Waals surface area contributed by atoms with Gasteiger partial charge in [-0.05, 0) is 59.4 Å². The fraction of sp³-hybridized carbons (Fsp3) is 0.292. The number of nitrogens with two attached hydrogens (primary N) is 1. The van der Waals surface area contributed by atoms with E-state index in [1.807, 2.05) is 24.3 Å². The number of carbonyl (C=O) groups is 1. The van der Waals surface area contributed by atoms with Crippen molar-refractivity contribution in [1.29, 1.82) is 0 Å². The molecule has 1 aliphatic heterocycles. The van der Waals surface area contributed by atoms with Gasteiger partial charge in [-0.25, -0.2) is 18.2 Å². The lowest BCUT2D eigenvalue weighted by molar-refractivity contribution is 0.124. The number of nitrogens with zero attached hydrogens (tertiary/aromatic N) is 2. The van der Waals surface area contributed by atoms with Gasteiger partial charge in [0.1, 0.15) is 0 Å². The summed E-state index contributed by atoms with van der Waals surface area (Å²) in [5.74, 6) is 0.555. The largest absolute Gasteiger partial charge is 0.399 e. The molecule has 1 saturated heterocycles. The van der Waals surface area contributed by atoms with Crippen molar-refractivity contribution >= 4 is 44.9 Å². The van der Waals surface area contributed by atoms with Gasteiger partial charge in [-0.3, -0.25) is 0 Å². The van der Waals surface area contributed by atoms with Crippen molar-refractivity contribution in [3.05, 3.63) is 72.3 Å². The summed E-state index contributed by atoms with van der Waals surface area (Å²) < 4.78 is 26.5. The van der Waals surface area contributed by atoms with Crippen molar-refractivity contribution in [3.8, 4) is 0 Å². The van der Waals surface area contributed by atoms with E-state index in [0.29, 0.717) is 24.7 Å². The van der Waals surface area contributed by atoms with E-state index >= 15 is 0 Å². The van der Waals surface area contributed by atoms with E-state index in [9.17, 15) is 13.2 Å². The van der Waals surface area contributed by atoms with Crippen LogP contribution in [0.4, 0.5) is 10.5 Å². The van der Waals surface area contributed by atoms with Crippen LogP contribution >= 0.6 is 12.4 Å². The number of amides is 2. The first-order valence-corrected chi connectivity index (χ1v) is 12.2. The molecule has 176 valence electrons. The van der Waals surface area contributed by atoms with E-state index in [2.05, 4.69) is 11.8 Å². The first-order chi connectivity index (χ1) is 15.3. The third-order valence-corrected chi connectivity index (χ3v) is 7.20. The van der Waals surface area contributed by atoms with Crippen molar-refractivity contribution in [1.82, 2.24) is 14.7 Å². The highest BCUT2D eigenvalue weighted by molar-refractivity contribution is 7.89. The number of nitrogen functional groups attached to an aromatic ring is 1. The molecule has 33 heavy (non-hydrogen) atoms. The Bertz CT molecular complexity index is 1210. The molecule has 0 bridgehead atoms. The van der Waals surface area contributed by atoms with Crippen LogP contribution in [0, 0.1) is 5.92 Å². The lowest BCUT2D eigenvalue weighted by atomic mass is 10.00. The zero-order valence-electron chi connectivity index (χ0n) is 18.5. The molecule has 3 aromatic carbocycles. The predicted molar refractivity (Wildman–Crippen MR) is 133 cm³/mol. The van der Waals surface area contributed by atoms with Gasteiger partial charge in [-0.2, -0.15) is 0 Å². The number of hydrogen-bond acceptors (Lipinski definition) is 4. The van der Waals surface area contributed by atoms with Crippen LogP contribution in [0.25, 0.3) is 10.8 Å². The number of halogens is 1. The summed E-state index contributed by atoms with van der Waals surface area (Å²) in [5.41, 5.74) is 7.15. The van der Waals surface area contributed by atoms with Crippen molar-refractivity contribution in [2.75, 3.05) is 18.8 Å². The molecule has 3 aromatic rings. The van der Waals surface area contributed by atoms with Crippen LogP contribution in [0.2, 0.25) is 0 Å². The number of hydrazine groups is 1. The summed E-state index contributed by atoms with van der Waals surface area (Å²) >= 11 is 0. The molecule has 1 heterocycles. The van der Waals surface area contributed by atoms with Gasteiger partial charge in [-0.15, -0.1) is 17.2 Å². The predicted octanol–water partition coefficient (Wildman–Crippen LogP) is 4.39. The Morgan fingerprint density at radius 1 is 1.03 bits per heavy atom. The van der Waals surface area contributed by atoms with E-state index in [4.69, 9.17) is 5.73 Å². The average Bonchev–Trinajstić information content (AvgIpc) is 2.79. The van der Waals surface area contributed by atoms with Gasteiger partial charge in [0.05, 0.1) is 11.4 Å². The molecule has 9 heteroatoms. The van der Waals surface area contributed by atoms with Crippen molar-refractivity contribution in [2.24, 2.45) is 5.92 Å². The third-order valence-electron chi connectivity index (χ3n) is 5.87. The number of benzene rings is 3. The van der Waals surface area contributed by atoms with Crippen LogP contribution < -0.4 is 10.6 Å². The monoisotopic (exact) mass is 488 g/mol. The van der Waals surface area contributed by atoms with E-state index in [1.165, 1.54) is 5.01 Å². The Balaban J connectivity index is 0.00000306. The Morgan fingerprint density at radius 3 is 2.33 bits per heavy atom. The Kier molecular flexibility index (Phi) is 7.84. The standard InChI is InChI=1S/C24H28N4O3S.ClH/c1-18-12-14-27(15-13-18)24(29)28(17-19-6-9-22(25)10-7-19)26-32(30,31)23-11-8-20-4-2-3-5-21(20)16-23;/h2-11,16,18,26H,12-15,17,25H2,1H3;1H. The maximum absolute atomic E-state index is 13.3. The molecule has 0 aliphatic carbocycles. The molecular weight excluding hydrogens is 460 g/mol. The van der Waals surface area contributed by atoms with Gasteiger partial charge in [0.15, 0.2) is 0 Å². The number of sulfonamides is 1. The molecular formula is C24H29ClN4O3S. The summed E-state index contributed by atoms with van der Waals surface area (Å²) in [6.45, 7) is 3.47. The molecule has 1 aliphatic rings. The number of rotatable bonds is 5. The topological polar surface area (TPSA) is 95.7 Å². The number of hydrogen-bond donors (Lipinski definition) is 2. The zero-order valence-corrected chi connectivity index (χ0v) is 20.1. The Labute approximate surface area is 201 Å². The minimum Gasteiger partial charge on any atom is -0.399 e. The molecule has 7 nitrogen and oxygen atoms in total. The zero-order chi connectivity index (χ0) is 22.7. The van der Waals surface area contributed by atoms with Crippen LogP contribution in [0.1, 0.15) is 25.3 Å². The second kappa shape index (κ2) is 10.4. The number of likely N-dealkylation sites (tertiary alicyclic amines) is 1. The minimum absolute atomic E-state index is 0. The lowest BCUT2D eigenvalue weighted by Crippen LogP contribution is -2.53. The number of piperidine rings is 1. The molecule has 0 radical (unpaired) electrons. The van der Waals surface area contributed by atoms with Crippen LogP contribution in [0.15, 0.2) is 71.6 Å². The van der Waals surface area contributed by atoms with Crippen molar-refractivity contribution < 1.29 is 13.2 Å². The number of carbonyl (C=O) groups excluding carboxylic acids is 1. The Morgan fingerprint density at radius 2 is 1.67 bits per heavy atom. The van der Waals surface area contributed by atoms with Crippen LogP contribution in [0.5, 0.6) is 0 Å². The molecule has 0 spiro atoms. The Hall–Kier alpha value is -2.81. The van der Waals surface area contributed by atoms with Gasteiger partial charge in [0, 0.05) is 18.8 Å². The van der Waals surface area contributed by atoms with Gasteiger partial charge in [-0.1, -0.05) is 49.4 Å². The summed E-state index contributed by atoms with van der Waals surface area (Å²) in [6, 6.07) is 19.2. The van der Waals surface area contributed by atoms with E-state index in [0.717, 1.165) is 29.2 Å². The van der Waals surface area contributed by atoms with Crippen molar-refractivity contribution in [2.45, 2.75) is 31.2 Å². The minimum atomic E-state index is -3.97. The van der Waals surface area contributed by atoms with Crippen LogP contribution in [0.3, 0.4) is 0 Å². The highest BCUT2D eigenvalue weighted by atomic mass is 35.5. The molecule has 0 unspecified atom stereocenters. The first-order valence-electron chi connectivity index (χ1n) is 10.7. The SMILES string of the molecule is CC1CCN(C(=O)N(Cc2ccc(N)cc2)NS(=O)(=O)c2ccc3ccccc3c2)CC1.Cl. The quantitative estimate of drug-likeness (QED) is 0.411. The number of fused-ring (bicyclic) bond motifs is 1. The fourth-order valence-corrected chi connectivity index (χ4v) is 4.91. The maximum atomic E-state index is 13.3. The average molecular weight is 489 g/mol. The third kappa shape index (κ3) is 5.96. The molecule has 0 aromatic heterocycles. The van der Waals surface area contributed by atoms with Gasteiger partial charge < -0.3 is 10.6 Å². The summed E-state index contributed by atoms with van der Waals surface area (Å²) in [4.78, 5) is 17.6. The molecule has 0 atom stereocenters. The summed E-state index contributed by atoms with van der Waals surface area (Å²) in [6.07, 6.45) is 1.80. The molecule has 2 amide bonds. The fourth-order valence-electron chi connectivity index (χ4n) is 3.85. The first kappa shape index (κ1) is 24.8. The lowest BCUT2D eigenvalue weighted by Gasteiger charge is -2.34. The van der Waals surface area contributed by atoms with E-state index in [-0.39, 0.29) is 29.9 Å². The smallest absolute Gasteiger partial charge is 0.335 e. The number of urea groups is 1. The summed E-state index contributed by atoms with van der Waals surface area (Å²) in [5, 5.41) is 2.95. The highest BCUT2D eigenvalue weighted by Gasteiger charge is 2.28.